The van der Waals surface area contributed by atoms with E-state index in [9.17, 15) is 0 Å². The van der Waals surface area contributed by atoms with Gasteiger partial charge < -0.3 is 5.32 Å². The van der Waals surface area contributed by atoms with Crippen LogP contribution in [-0.4, -0.2) is 12.6 Å². The normalized spacial score (nSPS) is 20.7. The quantitative estimate of drug-likeness (QED) is 0.781. The first-order chi connectivity index (χ1) is 8.22. The van der Waals surface area contributed by atoms with Gasteiger partial charge in [-0.2, -0.15) is 0 Å². The number of hydrogen-bond acceptors (Lipinski definition) is 1. The van der Waals surface area contributed by atoms with Gasteiger partial charge in [-0.05, 0) is 49.8 Å². The van der Waals surface area contributed by atoms with Crippen molar-refractivity contribution in [3.63, 3.8) is 0 Å². The van der Waals surface area contributed by atoms with Gasteiger partial charge in [-0.1, -0.05) is 43.3 Å². The molecule has 92 valence electrons. The summed E-state index contributed by atoms with van der Waals surface area (Å²) in [5, 5.41) is 3.58. The van der Waals surface area contributed by atoms with Crippen LogP contribution in [0.3, 0.4) is 0 Å². The van der Waals surface area contributed by atoms with Gasteiger partial charge in [0.15, 0.2) is 0 Å². The summed E-state index contributed by atoms with van der Waals surface area (Å²) in [5.41, 5.74) is 4.35. The minimum absolute atomic E-state index is 0.480. The fourth-order valence-electron chi connectivity index (χ4n) is 2.97. The largest absolute Gasteiger partial charge is 0.310 e. The van der Waals surface area contributed by atoms with Gasteiger partial charge in [-0.3, -0.25) is 0 Å². The average molecular weight is 229 g/mol. The smallest absolute Gasteiger partial charge is 0.0305 e. The Morgan fingerprint density at radius 1 is 1.41 bits per heavy atom. The third-order valence-corrected chi connectivity index (χ3v) is 3.81. The Bertz CT molecular complexity index is 394. The summed E-state index contributed by atoms with van der Waals surface area (Å²) in [6, 6.07) is 9.34. The Balaban J connectivity index is 2.13. The molecule has 17 heavy (non-hydrogen) atoms. The molecule has 2 atom stereocenters. The summed E-state index contributed by atoms with van der Waals surface area (Å²) in [5.74, 6) is 0.711. The molecule has 0 fully saturated rings. The lowest BCUT2D eigenvalue weighted by atomic mass is 9.78. The van der Waals surface area contributed by atoms with Crippen molar-refractivity contribution in [1.82, 2.24) is 5.32 Å². The lowest BCUT2D eigenvalue weighted by Gasteiger charge is -2.32. The summed E-state index contributed by atoms with van der Waals surface area (Å²) in [6.07, 6.45) is 3.69. The zero-order valence-corrected chi connectivity index (χ0v) is 11.0. The van der Waals surface area contributed by atoms with Crippen LogP contribution in [0, 0.1) is 5.92 Å². The van der Waals surface area contributed by atoms with Gasteiger partial charge in [-0.15, -0.1) is 0 Å². The molecule has 2 unspecified atom stereocenters. The number of likely N-dealkylation sites (N-methyl/N-ethyl adjacent to an activating group) is 1. The molecule has 0 aliphatic heterocycles. The summed E-state index contributed by atoms with van der Waals surface area (Å²) in [4.78, 5) is 0. The van der Waals surface area contributed by atoms with E-state index >= 15 is 0 Å². The molecule has 1 heteroatoms. The second kappa shape index (κ2) is 5.50. The molecule has 1 nitrogen and oxygen atoms in total. The Morgan fingerprint density at radius 3 is 2.76 bits per heavy atom. The highest BCUT2D eigenvalue weighted by Gasteiger charge is 2.25. The van der Waals surface area contributed by atoms with E-state index in [0.29, 0.717) is 12.0 Å². The van der Waals surface area contributed by atoms with Crippen molar-refractivity contribution in [3.05, 3.63) is 47.5 Å². The fraction of sp³-hybridized carbons (Fsp3) is 0.500. The van der Waals surface area contributed by atoms with Crippen molar-refractivity contribution in [2.75, 3.05) is 6.54 Å². The molecule has 2 rings (SSSR count). The predicted octanol–water partition coefficient (Wildman–Crippen LogP) is 3.35. The molecule has 0 bridgehead atoms. The molecule has 0 spiro atoms. The van der Waals surface area contributed by atoms with Crippen LogP contribution >= 0.6 is 0 Å². The fourth-order valence-corrected chi connectivity index (χ4v) is 2.97. The minimum Gasteiger partial charge on any atom is -0.310 e. The van der Waals surface area contributed by atoms with Crippen LogP contribution in [0.5, 0.6) is 0 Å². The molecule has 1 aromatic carbocycles. The molecule has 1 aromatic rings. The average Bonchev–Trinajstić information content (AvgIpc) is 2.35. The maximum absolute atomic E-state index is 4.14. The van der Waals surface area contributed by atoms with E-state index in [-0.39, 0.29) is 0 Å². The van der Waals surface area contributed by atoms with Crippen molar-refractivity contribution in [1.29, 1.82) is 0 Å². The van der Waals surface area contributed by atoms with Gasteiger partial charge in [0.05, 0.1) is 0 Å². The third kappa shape index (κ3) is 2.78. The van der Waals surface area contributed by atoms with E-state index < -0.39 is 0 Å². The van der Waals surface area contributed by atoms with Crippen LogP contribution in [0.15, 0.2) is 36.4 Å². The van der Waals surface area contributed by atoms with E-state index in [0.717, 1.165) is 6.54 Å². The van der Waals surface area contributed by atoms with E-state index in [1.54, 1.807) is 5.56 Å². The maximum Gasteiger partial charge on any atom is 0.0305 e. The van der Waals surface area contributed by atoms with E-state index in [1.807, 2.05) is 0 Å². The van der Waals surface area contributed by atoms with Crippen LogP contribution in [0.1, 0.15) is 31.4 Å². The van der Waals surface area contributed by atoms with E-state index in [2.05, 4.69) is 50.0 Å². The van der Waals surface area contributed by atoms with Gasteiger partial charge in [0.2, 0.25) is 0 Å². The maximum atomic E-state index is 4.14. The van der Waals surface area contributed by atoms with Gasteiger partial charge in [0.1, 0.15) is 0 Å². The van der Waals surface area contributed by atoms with Gasteiger partial charge in [0, 0.05) is 6.04 Å². The molecular weight excluding hydrogens is 206 g/mol. The van der Waals surface area contributed by atoms with E-state index in [1.165, 1.54) is 30.4 Å². The number of benzene rings is 1. The van der Waals surface area contributed by atoms with Crippen LogP contribution in [0.2, 0.25) is 0 Å². The Labute approximate surface area is 105 Å². The first kappa shape index (κ1) is 12.4. The van der Waals surface area contributed by atoms with Crippen LogP contribution in [-0.2, 0) is 12.8 Å². The number of rotatable bonds is 4. The van der Waals surface area contributed by atoms with E-state index in [4.69, 9.17) is 0 Å². The topological polar surface area (TPSA) is 12.0 Å². The first-order valence-electron chi connectivity index (χ1n) is 6.68. The Kier molecular flexibility index (Phi) is 4.01. The number of aryl methyl sites for hydroxylation is 1. The number of fused-ring (bicyclic) bond motifs is 1. The zero-order chi connectivity index (χ0) is 12.3. The SMILES string of the molecule is C=C(C)C(NCC)C1CCc2ccccc2C1. The molecule has 1 aliphatic carbocycles. The predicted molar refractivity (Wildman–Crippen MR) is 74.2 cm³/mol. The second-order valence-corrected chi connectivity index (χ2v) is 5.15. The van der Waals surface area contributed by atoms with Crippen LogP contribution < -0.4 is 5.32 Å². The third-order valence-electron chi connectivity index (χ3n) is 3.81. The molecule has 1 aliphatic rings. The lowest BCUT2D eigenvalue weighted by Crippen LogP contribution is -2.39. The molecule has 0 radical (unpaired) electrons. The summed E-state index contributed by atoms with van der Waals surface area (Å²) >= 11 is 0. The number of nitrogens with one attached hydrogen (secondary N) is 1. The Morgan fingerprint density at radius 2 is 2.12 bits per heavy atom. The van der Waals surface area contributed by atoms with Gasteiger partial charge in [0.25, 0.3) is 0 Å². The van der Waals surface area contributed by atoms with Crippen molar-refractivity contribution >= 4 is 0 Å². The highest BCUT2D eigenvalue weighted by Crippen LogP contribution is 2.29. The molecule has 0 amide bonds. The summed E-state index contributed by atoms with van der Waals surface area (Å²) in [7, 11) is 0. The first-order valence-corrected chi connectivity index (χ1v) is 6.68. The van der Waals surface area contributed by atoms with Gasteiger partial charge >= 0.3 is 0 Å². The number of hydrogen-bond donors (Lipinski definition) is 1. The zero-order valence-electron chi connectivity index (χ0n) is 11.0. The lowest BCUT2D eigenvalue weighted by molar-refractivity contribution is 0.358. The van der Waals surface area contributed by atoms with Crippen molar-refractivity contribution < 1.29 is 0 Å². The van der Waals surface area contributed by atoms with Crippen LogP contribution in [0.4, 0.5) is 0 Å². The van der Waals surface area contributed by atoms with Gasteiger partial charge in [-0.25, -0.2) is 0 Å². The molecule has 0 aromatic heterocycles. The van der Waals surface area contributed by atoms with Crippen LogP contribution in [0.25, 0.3) is 0 Å². The monoisotopic (exact) mass is 229 g/mol. The highest BCUT2D eigenvalue weighted by molar-refractivity contribution is 5.30. The molecule has 0 saturated carbocycles. The Hall–Kier alpha value is -1.08. The summed E-state index contributed by atoms with van der Waals surface area (Å²) in [6.45, 7) is 9.49. The molecule has 0 heterocycles. The standard InChI is InChI=1S/C16H23N/c1-4-17-16(12(2)3)15-10-9-13-7-5-6-8-14(13)11-15/h5-8,15-17H,2,4,9-11H2,1,3H3. The minimum atomic E-state index is 0.480. The molecule has 0 saturated heterocycles. The molecular formula is C16H23N. The summed E-state index contributed by atoms with van der Waals surface area (Å²) < 4.78 is 0. The van der Waals surface area contributed by atoms with Crippen molar-refractivity contribution in [2.45, 2.75) is 39.2 Å². The highest BCUT2D eigenvalue weighted by atomic mass is 14.9. The molecule has 1 N–H and O–H groups in total. The van der Waals surface area contributed by atoms with Crippen molar-refractivity contribution in [2.24, 2.45) is 5.92 Å². The van der Waals surface area contributed by atoms with Crippen molar-refractivity contribution in [3.8, 4) is 0 Å². The second-order valence-electron chi connectivity index (χ2n) is 5.15.